The highest BCUT2D eigenvalue weighted by molar-refractivity contribution is 7.86. The summed E-state index contributed by atoms with van der Waals surface area (Å²) in [5.41, 5.74) is 0.693. The summed E-state index contributed by atoms with van der Waals surface area (Å²) in [5, 5.41) is 1.42. The lowest BCUT2D eigenvalue weighted by molar-refractivity contribution is 0.483. The molecule has 2 rings (SSSR count). The van der Waals surface area contributed by atoms with Crippen LogP contribution >= 0.6 is 0 Å². The first-order chi connectivity index (χ1) is 8.54. The molecule has 0 radical (unpaired) electrons. The molecule has 2 aromatic carbocycles. The van der Waals surface area contributed by atoms with Gasteiger partial charge in [0.1, 0.15) is 4.90 Å². The zero-order chi connectivity index (χ0) is 13.2. The highest BCUT2D eigenvalue weighted by Gasteiger charge is 2.18. The van der Waals surface area contributed by atoms with Crippen molar-refractivity contribution in [2.75, 3.05) is 0 Å². The van der Waals surface area contributed by atoms with E-state index in [2.05, 4.69) is 0 Å². The minimum absolute atomic E-state index is 0. The highest BCUT2D eigenvalue weighted by Crippen LogP contribution is 2.27. The van der Waals surface area contributed by atoms with E-state index in [9.17, 15) is 13.0 Å². The Morgan fingerprint density at radius 2 is 1.79 bits per heavy atom. The average molecular weight is 291 g/mol. The van der Waals surface area contributed by atoms with Crippen LogP contribution in [0, 0.1) is 0 Å². The zero-order valence-corrected chi connectivity index (χ0v) is 11.1. The van der Waals surface area contributed by atoms with Gasteiger partial charge in [-0.2, -0.15) is 8.42 Å². The second-order valence-electron chi connectivity index (χ2n) is 4.35. The molecular weight excluding hydrogens is 273 g/mol. The molecule has 0 bridgehead atoms. The van der Waals surface area contributed by atoms with E-state index >= 15 is 0 Å². The minimum atomic E-state index is -4.19. The summed E-state index contributed by atoms with van der Waals surface area (Å²) >= 11 is 0. The summed E-state index contributed by atoms with van der Waals surface area (Å²) in [4.78, 5) is 0.0639. The molecule has 0 unspecified atom stereocenters. The van der Waals surface area contributed by atoms with Crippen molar-refractivity contribution in [2.24, 2.45) is 0 Å². The summed E-state index contributed by atoms with van der Waals surface area (Å²) in [6.45, 7) is 2.05. The number of hydrogen-bond acceptors (Lipinski definition) is 2. The van der Waals surface area contributed by atoms with Crippen LogP contribution in [-0.2, 0) is 16.5 Å². The van der Waals surface area contributed by atoms with Crippen LogP contribution in [0.5, 0.6) is 0 Å². The fourth-order valence-corrected chi connectivity index (χ4v) is 3.12. The molecule has 0 fully saturated rings. The van der Waals surface area contributed by atoms with Crippen LogP contribution in [0.25, 0.3) is 10.8 Å². The Balaban J connectivity index is 0.00000180. The third kappa shape index (κ3) is 3.69. The fourth-order valence-electron chi connectivity index (χ4n) is 2.16. The molecule has 0 aromatic heterocycles. The summed E-state index contributed by atoms with van der Waals surface area (Å²) in [6, 6.07) is 10.9. The molecular formula is C14H18MgO3S. The molecule has 1 N–H and O–H groups in total. The molecule has 0 saturated heterocycles. The summed E-state index contributed by atoms with van der Waals surface area (Å²) in [7, 11) is -4.19. The first-order valence-corrected chi connectivity index (χ1v) is 7.46. The molecule has 0 heterocycles. The monoisotopic (exact) mass is 290 g/mol. The second-order valence-corrected chi connectivity index (χ2v) is 5.71. The summed E-state index contributed by atoms with van der Waals surface area (Å²) in [5.74, 6) is 0. The quantitative estimate of drug-likeness (QED) is 0.695. The first kappa shape index (κ1) is 16.4. The van der Waals surface area contributed by atoms with Gasteiger partial charge in [-0.1, -0.05) is 49.7 Å². The molecule has 0 saturated carbocycles. The number of aryl methyl sites for hydroxylation is 1. The second kappa shape index (κ2) is 6.70. The normalized spacial score (nSPS) is 11.3. The van der Waals surface area contributed by atoms with Crippen molar-refractivity contribution in [1.82, 2.24) is 0 Å². The highest BCUT2D eigenvalue weighted by atomic mass is 32.2. The van der Waals surface area contributed by atoms with Crippen LogP contribution < -0.4 is 0 Å². The largest absolute Gasteiger partial charge is 0.316 e. The Morgan fingerprint density at radius 3 is 2.42 bits per heavy atom. The summed E-state index contributed by atoms with van der Waals surface area (Å²) in [6.07, 6.45) is 2.55. The van der Waals surface area contributed by atoms with E-state index in [4.69, 9.17) is 0 Å². The van der Waals surface area contributed by atoms with Crippen LogP contribution in [-0.4, -0.2) is 36.0 Å². The molecule has 0 atom stereocenters. The van der Waals surface area contributed by atoms with Crippen LogP contribution in [0.4, 0.5) is 0 Å². The lowest BCUT2D eigenvalue weighted by atomic mass is 10.0. The maximum Gasteiger partial charge on any atom is 0.316 e. The minimum Gasteiger partial charge on any atom is -0.282 e. The van der Waals surface area contributed by atoms with Gasteiger partial charge in [0.25, 0.3) is 10.1 Å². The van der Waals surface area contributed by atoms with Gasteiger partial charge in [0, 0.05) is 5.39 Å². The van der Waals surface area contributed by atoms with Crippen molar-refractivity contribution in [1.29, 1.82) is 0 Å². The summed E-state index contributed by atoms with van der Waals surface area (Å²) < 4.78 is 32.6. The lowest BCUT2D eigenvalue weighted by Crippen LogP contribution is -2.04. The van der Waals surface area contributed by atoms with Crippen molar-refractivity contribution in [3.05, 3.63) is 42.0 Å². The molecule has 0 spiro atoms. The molecule has 5 heteroatoms. The predicted octanol–water partition coefficient (Wildman–Crippen LogP) is 2.51. The van der Waals surface area contributed by atoms with Crippen molar-refractivity contribution in [3.63, 3.8) is 0 Å². The van der Waals surface area contributed by atoms with E-state index in [1.165, 1.54) is 0 Å². The van der Waals surface area contributed by atoms with Crippen molar-refractivity contribution in [2.45, 2.75) is 31.1 Å². The fraction of sp³-hybridized carbons (Fsp3) is 0.286. The van der Waals surface area contributed by atoms with Gasteiger partial charge in [0.15, 0.2) is 0 Å². The molecule has 2 aromatic rings. The first-order valence-electron chi connectivity index (χ1n) is 6.02. The van der Waals surface area contributed by atoms with Crippen LogP contribution in [0.3, 0.4) is 0 Å². The standard InChI is InChI=1S/C14H16O3S.Mg.2H/c1-2-3-6-12-10-9-11-7-4-5-8-13(11)14(12)18(15,16)17;;;/h4-5,7-10H,2-3,6H2,1H3,(H,15,16,17);;;. The van der Waals surface area contributed by atoms with Crippen molar-refractivity contribution < 1.29 is 13.0 Å². The molecule has 0 amide bonds. The topological polar surface area (TPSA) is 54.4 Å². The maximum atomic E-state index is 11.6. The van der Waals surface area contributed by atoms with E-state index in [1.54, 1.807) is 18.2 Å². The lowest BCUT2D eigenvalue weighted by Gasteiger charge is -2.10. The SMILES string of the molecule is CCCCc1ccc2ccccc2c1S(=O)(=O)O.[MgH2]. The molecule has 3 nitrogen and oxygen atoms in total. The molecule has 0 aliphatic carbocycles. The van der Waals surface area contributed by atoms with Gasteiger partial charge >= 0.3 is 23.1 Å². The predicted molar refractivity (Wildman–Crippen MR) is 80.9 cm³/mol. The Hall–Kier alpha value is -0.624. The molecule has 0 aliphatic rings. The molecule has 19 heavy (non-hydrogen) atoms. The molecule has 100 valence electrons. The number of fused-ring (bicyclic) bond motifs is 1. The smallest absolute Gasteiger partial charge is 0.282 e. The van der Waals surface area contributed by atoms with Gasteiger partial charge in [-0.25, -0.2) is 0 Å². The van der Waals surface area contributed by atoms with Gasteiger partial charge in [0.05, 0.1) is 0 Å². The van der Waals surface area contributed by atoms with E-state index in [1.807, 2.05) is 25.1 Å². The maximum absolute atomic E-state index is 11.6. The molecule has 0 aliphatic heterocycles. The van der Waals surface area contributed by atoms with E-state index in [-0.39, 0.29) is 27.9 Å². The Labute approximate surface area is 129 Å². The average Bonchev–Trinajstić information content (AvgIpc) is 2.34. The van der Waals surface area contributed by atoms with Crippen molar-refractivity contribution >= 4 is 43.9 Å². The number of unbranched alkanes of at least 4 members (excludes halogenated alkanes) is 1. The van der Waals surface area contributed by atoms with Gasteiger partial charge in [-0.3, -0.25) is 4.55 Å². The van der Waals surface area contributed by atoms with Gasteiger partial charge in [-0.15, -0.1) is 0 Å². The van der Waals surface area contributed by atoms with Crippen LogP contribution in [0.2, 0.25) is 0 Å². The number of benzene rings is 2. The van der Waals surface area contributed by atoms with Gasteiger partial charge in [-0.05, 0) is 23.8 Å². The Morgan fingerprint density at radius 1 is 1.11 bits per heavy atom. The van der Waals surface area contributed by atoms with Crippen molar-refractivity contribution in [3.8, 4) is 0 Å². The van der Waals surface area contributed by atoms with Crippen LogP contribution in [0.15, 0.2) is 41.3 Å². The Kier molecular flexibility index (Phi) is 5.79. The van der Waals surface area contributed by atoms with Gasteiger partial charge in [0.2, 0.25) is 0 Å². The third-order valence-corrected chi connectivity index (χ3v) is 4.02. The number of hydrogen-bond donors (Lipinski definition) is 1. The number of rotatable bonds is 4. The van der Waals surface area contributed by atoms with E-state index in [0.29, 0.717) is 17.4 Å². The zero-order valence-electron chi connectivity index (χ0n) is 10.3. The van der Waals surface area contributed by atoms with E-state index < -0.39 is 10.1 Å². The third-order valence-electron chi connectivity index (χ3n) is 3.02. The Bertz CT molecular complexity index is 665. The van der Waals surface area contributed by atoms with Gasteiger partial charge < -0.3 is 0 Å². The van der Waals surface area contributed by atoms with E-state index in [0.717, 1.165) is 18.2 Å². The van der Waals surface area contributed by atoms with Crippen LogP contribution in [0.1, 0.15) is 25.3 Å².